The quantitative estimate of drug-likeness (QED) is 0.813. The van der Waals surface area contributed by atoms with Gasteiger partial charge >= 0.3 is 0 Å². The maximum absolute atomic E-state index is 4.55. The second kappa shape index (κ2) is 6.80. The molecule has 1 fully saturated rings. The van der Waals surface area contributed by atoms with Crippen LogP contribution >= 0.6 is 11.3 Å². The number of aromatic nitrogens is 2. The first-order chi connectivity index (χ1) is 9.25. The van der Waals surface area contributed by atoms with E-state index in [2.05, 4.69) is 36.3 Å². The van der Waals surface area contributed by atoms with Crippen LogP contribution in [-0.2, 0) is 5.41 Å². The fraction of sp³-hybridized carbons (Fsp3) is 0.867. The highest BCUT2D eigenvalue weighted by atomic mass is 32.1. The molecule has 1 aromatic heterocycles. The molecule has 1 heterocycles. The van der Waals surface area contributed by atoms with E-state index in [0.29, 0.717) is 11.5 Å². The van der Waals surface area contributed by atoms with E-state index in [9.17, 15) is 0 Å². The number of nitrogens with one attached hydrogen (secondary N) is 1. The van der Waals surface area contributed by atoms with E-state index in [4.69, 9.17) is 0 Å². The summed E-state index contributed by atoms with van der Waals surface area (Å²) < 4.78 is 0. The van der Waals surface area contributed by atoms with Crippen molar-refractivity contribution in [3.05, 3.63) is 10.0 Å². The lowest BCUT2D eigenvalue weighted by Gasteiger charge is -2.23. The van der Waals surface area contributed by atoms with Crippen molar-refractivity contribution in [1.82, 2.24) is 15.5 Å². The molecule has 3 nitrogen and oxygen atoms in total. The Bertz CT molecular complexity index is 382. The predicted octanol–water partition coefficient (Wildman–Crippen LogP) is 4.21. The topological polar surface area (TPSA) is 37.8 Å². The van der Waals surface area contributed by atoms with Gasteiger partial charge in [0.1, 0.15) is 10.0 Å². The standard InChI is InChI=1S/C15H27N3S/c1-4-11-16-12(5-2)13-17-18-14(19-13)15(6-3)9-7-8-10-15/h12,16H,4-11H2,1-3H3. The highest BCUT2D eigenvalue weighted by Crippen LogP contribution is 2.45. The molecule has 0 aromatic carbocycles. The van der Waals surface area contributed by atoms with Gasteiger partial charge in [0.2, 0.25) is 0 Å². The first-order valence-corrected chi connectivity index (χ1v) is 8.64. The molecule has 0 saturated heterocycles. The van der Waals surface area contributed by atoms with Crippen LogP contribution in [0.2, 0.25) is 0 Å². The molecule has 4 heteroatoms. The maximum Gasteiger partial charge on any atom is 0.134 e. The van der Waals surface area contributed by atoms with Gasteiger partial charge in [-0.2, -0.15) is 0 Å². The van der Waals surface area contributed by atoms with Crippen molar-refractivity contribution < 1.29 is 0 Å². The van der Waals surface area contributed by atoms with Crippen LogP contribution in [0.25, 0.3) is 0 Å². The van der Waals surface area contributed by atoms with Gasteiger partial charge in [0.15, 0.2) is 0 Å². The van der Waals surface area contributed by atoms with E-state index in [-0.39, 0.29) is 0 Å². The van der Waals surface area contributed by atoms with Crippen LogP contribution in [0.5, 0.6) is 0 Å². The second-order valence-corrected chi connectivity index (χ2v) is 6.71. The zero-order valence-electron chi connectivity index (χ0n) is 12.5. The Labute approximate surface area is 121 Å². The molecule has 0 spiro atoms. The summed E-state index contributed by atoms with van der Waals surface area (Å²) in [6.07, 6.45) is 8.78. The average Bonchev–Trinajstić information content (AvgIpc) is 3.09. The van der Waals surface area contributed by atoms with Gasteiger partial charge in [0.25, 0.3) is 0 Å². The summed E-state index contributed by atoms with van der Waals surface area (Å²) in [5, 5.41) is 15.1. The van der Waals surface area contributed by atoms with E-state index in [1.165, 1.54) is 48.5 Å². The van der Waals surface area contributed by atoms with Gasteiger partial charge in [-0.15, -0.1) is 10.2 Å². The van der Waals surface area contributed by atoms with Crippen LogP contribution in [0.4, 0.5) is 0 Å². The molecular weight excluding hydrogens is 254 g/mol. The third-order valence-corrected chi connectivity index (χ3v) is 5.76. The lowest BCUT2D eigenvalue weighted by Crippen LogP contribution is -2.21. The molecule has 1 aliphatic carbocycles. The molecule has 1 saturated carbocycles. The molecule has 1 N–H and O–H groups in total. The normalized spacial score (nSPS) is 19.7. The summed E-state index contributed by atoms with van der Waals surface area (Å²) >= 11 is 1.85. The number of hydrogen-bond donors (Lipinski definition) is 1. The molecule has 0 radical (unpaired) electrons. The molecule has 1 atom stereocenters. The molecule has 19 heavy (non-hydrogen) atoms. The maximum atomic E-state index is 4.55. The van der Waals surface area contributed by atoms with Crippen LogP contribution in [0.1, 0.15) is 81.8 Å². The van der Waals surface area contributed by atoms with Crippen LogP contribution in [-0.4, -0.2) is 16.7 Å². The lowest BCUT2D eigenvalue weighted by molar-refractivity contribution is 0.419. The Hall–Kier alpha value is -0.480. The van der Waals surface area contributed by atoms with E-state index in [1.54, 1.807) is 0 Å². The Morgan fingerprint density at radius 3 is 2.53 bits per heavy atom. The summed E-state index contributed by atoms with van der Waals surface area (Å²) in [7, 11) is 0. The Morgan fingerprint density at radius 2 is 1.95 bits per heavy atom. The molecule has 0 aliphatic heterocycles. The Balaban J connectivity index is 2.13. The van der Waals surface area contributed by atoms with Crippen LogP contribution < -0.4 is 5.32 Å². The fourth-order valence-corrected chi connectivity index (χ4v) is 4.40. The Kier molecular flexibility index (Phi) is 5.34. The summed E-state index contributed by atoms with van der Waals surface area (Å²) in [4.78, 5) is 0. The largest absolute Gasteiger partial charge is 0.308 e. The van der Waals surface area contributed by atoms with Gasteiger partial charge < -0.3 is 5.32 Å². The van der Waals surface area contributed by atoms with Crippen molar-refractivity contribution in [2.75, 3.05) is 6.54 Å². The molecule has 1 aromatic rings. The first kappa shape index (κ1) is 14.9. The first-order valence-electron chi connectivity index (χ1n) is 7.83. The van der Waals surface area contributed by atoms with Crippen LogP contribution in [0.15, 0.2) is 0 Å². The second-order valence-electron chi connectivity index (χ2n) is 5.70. The summed E-state index contributed by atoms with van der Waals surface area (Å²) in [5.74, 6) is 0. The highest BCUT2D eigenvalue weighted by molar-refractivity contribution is 7.11. The number of rotatable bonds is 7. The minimum Gasteiger partial charge on any atom is -0.308 e. The van der Waals surface area contributed by atoms with E-state index >= 15 is 0 Å². The monoisotopic (exact) mass is 281 g/mol. The molecule has 1 unspecified atom stereocenters. The third-order valence-electron chi connectivity index (χ3n) is 4.48. The minimum atomic E-state index is 0.346. The number of nitrogens with zero attached hydrogens (tertiary/aromatic N) is 2. The van der Waals surface area contributed by atoms with Crippen molar-refractivity contribution in [3.63, 3.8) is 0 Å². The lowest BCUT2D eigenvalue weighted by atomic mass is 9.84. The number of hydrogen-bond acceptors (Lipinski definition) is 4. The van der Waals surface area contributed by atoms with Gasteiger partial charge in [-0.25, -0.2) is 0 Å². The van der Waals surface area contributed by atoms with Gasteiger partial charge in [-0.3, -0.25) is 0 Å². The third kappa shape index (κ3) is 3.16. The van der Waals surface area contributed by atoms with Crippen molar-refractivity contribution >= 4 is 11.3 Å². The zero-order chi connectivity index (χ0) is 13.7. The summed E-state index contributed by atoms with van der Waals surface area (Å²) in [6.45, 7) is 7.79. The molecule has 0 bridgehead atoms. The molecule has 108 valence electrons. The van der Waals surface area contributed by atoms with E-state index in [0.717, 1.165) is 13.0 Å². The van der Waals surface area contributed by atoms with Gasteiger partial charge in [0.05, 0.1) is 6.04 Å². The smallest absolute Gasteiger partial charge is 0.134 e. The average molecular weight is 281 g/mol. The van der Waals surface area contributed by atoms with Gasteiger partial charge in [-0.1, -0.05) is 44.9 Å². The summed E-state index contributed by atoms with van der Waals surface area (Å²) in [5.41, 5.74) is 0.346. The van der Waals surface area contributed by atoms with Gasteiger partial charge in [0, 0.05) is 5.41 Å². The SMILES string of the molecule is CCCNC(CC)c1nnc(C2(CC)CCCC2)s1. The van der Waals surface area contributed by atoms with Crippen molar-refractivity contribution in [2.24, 2.45) is 0 Å². The Morgan fingerprint density at radius 1 is 1.21 bits per heavy atom. The van der Waals surface area contributed by atoms with Crippen LogP contribution in [0.3, 0.4) is 0 Å². The molecule has 2 rings (SSSR count). The summed E-state index contributed by atoms with van der Waals surface area (Å²) in [6, 6.07) is 0.390. The van der Waals surface area contributed by atoms with E-state index in [1.807, 2.05) is 11.3 Å². The van der Waals surface area contributed by atoms with Crippen molar-refractivity contribution in [3.8, 4) is 0 Å². The van der Waals surface area contributed by atoms with Gasteiger partial charge in [-0.05, 0) is 38.6 Å². The van der Waals surface area contributed by atoms with Crippen molar-refractivity contribution in [2.45, 2.75) is 77.2 Å². The van der Waals surface area contributed by atoms with E-state index < -0.39 is 0 Å². The fourth-order valence-electron chi connectivity index (χ4n) is 3.08. The highest BCUT2D eigenvalue weighted by Gasteiger charge is 2.37. The molecule has 1 aliphatic rings. The van der Waals surface area contributed by atoms with Crippen LogP contribution in [0, 0.1) is 0 Å². The predicted molar refractivity (Wildman–Crippen MR) is 81.7 cm³/mol. The van der Waals surface area contributed by atoms with Crippen molar-refractivity contribution in [1.29, 1.82) is 0 Å². The zero-order valence-corrected chi connectivity index (χ0v) is 13.4. The minimum absolute atomic E-state index is 0.346. The molecular formula is C15H27N3S. The molecule has 0 amide bonds.